The van der Waals surface area contributed by atoms with Crippen molar-refractivity contribution in [3.63, 3.8) is 0 Å². The monoisotopic (exact) mass is 260 g/mol. The number of nitrogens with one attached hydrogen (secondary N) is 2. The average Bonchev–Trinajstić information content (AvgIpc) is 2.85. The number of aryl methyl sites for hydroxylation is 1. The molecule has 0 bridgehead atoms. The van der Waals surface area contributed by atoms with Gasteiger partial charge in [-0.1, -0.05) is 0 Å². The molecule has 1 amide bonds. The van der Waals surface area contributed by atoms with Crippen molar-refractivity contribution < 1.29 is 9.21 Å². The van der Waals surface area contributed by atoms with E-state index in [-0.39, 0.29) is 17.6 Å². The zero-order valence-electron chi connectivity index (χ0n) is 11.1. The molecule has 2 aromatic rings. The molecule has 0 aliphatic rings. The Hall–Kier alpha value is -2.37. The average molecular weight is 260 g/mol. The quantitative estimate of drug-likeness (QED) is 0.877. The van der Waals surface area contributed by atoms with E-state index in [9.17, 15) is 4.79 Å². The first-order valence-electron chi connectivity index (χ1n) is 5.99. The molecule has 2 rings (SSSR count). The summed E-state index contributed by atoms with van der Waals surface area (Å²) >= 11 is 0. The van der Waals surface area contributed by atoms with Gasteiger partial charge < -0.3 is 15.1 Å². The number of rotatable bonds is 4. The summed E-state index contributed by atoms with van der Waals surface area (Å²) in [5.74, 6) is 2.03. The molecule has 2 N–H and O–H groups in total. The second-order valence-electron chi connectivity index (χ2n) is 4.20. The molecule has 0 saturated heterocycles. The van der Waals surface area contributed by atoms with Gasteiger partial charge in [0.25, 0.3) is 5.91 Å². The summed E-state index contributed by atoms with van der Waals surface area (Å²) in [5, 5.41) is 13.5. The van der Waals surface area contributed by atoms with Gasteiger partial charge >= 0.3 is 0 Å². The van der Waals surface area contributed by atoms with E-state index in [1.54, 1.807) is 19.2 Å². The van der Waals surface area contributed by atoms with E-state index in [1.807, 2.05) is 26.0 Å². The second-order valence-corrected chi connectivity index (χ2v) is 4.20. The second kappa shape index (κ2) is 5.51. The van der Waals surface area contributed by atoms with E-state index in [0.29, 0.717) is 5.82 Å². The molecule has 0 radical (unpaired) electrons. The van der Waals surface area contributed by atoms with Gasteiger partial charge in [0.1, 0.15) is 17.3 Å². The van der Waals surface area contributed by atoms with Crippen LogP contribution in [0.15, 0.2) is 28.7 Å². The van der Waals surface area contributed by atoms with Gasteiger partial charge in [0, 0.05) is 7.05 Å². The zero-order chi connectivity index (χ0) is 13.8. The summed E-state index contributed by atoms with van der Waals surface area (Å²) < 4.78 is 5.52. The predicted molar refractivity (Wildman–Crippen MR) is 70.9 cm³/mol. The van der Waals surface area contributed by atoms with Gasteiger partial charge in [0.15, 0.2) is 5.69 Å². The molecule has 0 aromatic carbocycles. The Morgan fingerprint density at radius 2 is 2.05 bits per heavy atom. The Bertz CT molecular complexity index is 562. The topological polar surface area (TPSA) is 80.0 Å². The standard InChI is InChI=1S/C13H16N4O2/c1-8-4-6-11(19-8)9(2)15-12-7-5-10(16-17-12)13(18)14-3/h4-7,9H,1-3H3,(H,14,18)(H,15,17). The van der Waals surface area contributed by atoms with Crippen LogP contribution in [0.3, 0.4) is 0 Å². The lowest BCUT2D eigenvalue weighted by Crippen LogP contribution is -2.20. The van der Waals surface area contributed by atoms with Crippen molar-refractivity contribution in [3.8, 4) is 0 Å². The maximum atomic E-state index is 11.3. The third-order valence-corrected chi connectivity index (χ3v) is 2.68. The van der Waals surface area contributed by atoms with Gasteiger partial charge in [-0.25, -0.2) is 0 Å². The van der Waals surface area contributed by atoms with Crippen molar-refractivity contribution >= 4 is 11.7 Å². The Balaban J connectivity index is 2.05. The fourth-order valence-corrected chi connectivity index (χ4v) is 1.64. The maximum Gasteiger partial charge on any atom is 0.271 e. The Morgan fingerprint density at radius 1 is 1.26 bits per heavy atom. The minimum absolute atomic E-state index is 0.0196. The predicted octanol–water partition coefficient (Wildman–Crippen LogP) is 1.91. The van der Waals surface area contributed by atoms with Crippen molar-refractivity contribution in [1.29, 1.82) is 0 Å². The number of hydrogen-bond acceptors (Lipinski definition) is 5. The molecule has 0 aliphatic carbocycles. The van der Waals surface area contributed by atoms with Crippen LogP contribution < -0.4 is 10.6 Å². The van der Waals surface area contributed by atoms with Crippen LogP contribution in [0.4, 0.5) is 5.82 Å². The van der Waals surface area contributed by atoms with Crippen LogP contribution in [-0.4, -0.2) is 23.2 Å². The summed E-state index contributed by atoms with van der Waals surface area (Å²) in [7, 11) is 1.55. The Labute approximate surface area is 111 Å². The van der Waals surface area contributed by atoms with Crippen molar-refractivity contribution in [2.24, 2.45) is 0 Å². The van der Waals surface area contributed by atoms with Crippen molar-refractivity contribution in [2.75, 3.05) is 12.4 Å². The minimum atomic E-state index is -0.256. The van der Waals surface area contributed by atoms with E-state index < -0.39 is 0 Å². The molecule has 6 nitrogen and oxygen atoms in total. The van der Waals surface area contributed by atoms with Crippen LogP contribution in [0.2, 0.25) is 0 Å². The number of amides is 1. The Kier molecular flexibility index (Phi) is 3.79. The minimum Gasteiger partial charge on any atom is -0.464 e. The summed E-state index contributed by atoms with van der Waals surface area (Å²) in [5.41, 5.74) is 0.287. The zero-order valence-corrected chi connectivity index (χ0v) is 11.1. The van der Waals surface area contributed by atoms with Crippen LogP contribution in [-0.2, 0) is 0 Å². The first kappa shape index (κ1) is 13.1. The molecule has 0 spiro atoms. The fourth-order valence-electron chi connectivity index (χ4n) is 1.64. The SMILES string of the molecule is CNC(=O)c1ccc(NC(C)c2ccc(C)o2)nn1. The van der Waals surface area contributed by atoms with E-state index in [1.165, 1.54) is 0 Å². The van der Waals surface area contributed by atoms with Crippen LogP contribution in [0, 0.1) is 6.92 Å². The van der Waals surface area contributed by atoms with Crippen LogP contribution in [0.25, 0.3) is 0 Å². The smallest absolute Gasteiger partial charge is 0.271 e. The van der Waals surface area contributed by atoms with Crippen LogP contribution >= 0.6 is 0 Å². The highest BCUT2D eigenvalue weighted by atomic mass is 16.3. The molecule has 100 valence electrons. The number of aromatic nitrogens is 2. The molecular formula is C13H16N4O2. The highest BCUT2D eigenvalue weighted by molar-refractivity contribution is 5.91. The van der Waals surface area contributed by atoms with E-state index >= 15 is 0 Å². The fraction of sp³-hybridized carbons (Fsp3) is 0.308. The molecule has 2 heterocycles. The molecular weight excluding hydrogens is 244 g/mol. The van der Waals surface area contributed by atoms with Gasteiger partial charge in [-0.2, -0.15) is 0 Å². The highest BCUT2D eigenvalue weighted by Crippen LogP contribution is 2.19. The summed E-state index contributed by atoms with van der Waals surface area (Å²) in [4.78, 5) is 11.3. The Morgan fingerprint density at radius 3 is 2.58 bits per heavy atom. The van der Waals surface area contributed by atoms with Crippen molar-refractivity contribution in [1.82, 2.24) is 15.5 Å². The number of nitrogens with zero attached hydrogens (tertiary/aromatic N) is 2. The van der Waals surface area contributed by atoms with Crippen molar-refractivity contribution in [2.45, 2.75) is 19.9 Å². The van der Waals surface area contributed by atoms with Gasteiger partial charge in [0.2, 0.25) is 0 Å². The number of anilines is 1. The van der Waals surface area contributed by atoms with Gasteiger partial charge in [-0.15, -0.1) is 10.2 Å². The lowest BCUT2D eigenvalue weighted by molar-refractivity contribution is 0.0957. The number of hydrogen-bond donors (Lipinski definition) is 2. The normalized spacial score (nSPS) is 11.9. The molecule has 19 heavy (non-hydrogen) atoms. The molecule has 1 atom stereocenters. The van der Waals surface area contributed by atoms with E-state index in [2.05, 4.69) is 20.8 Å². The third kappa shape index (κ3) is 3.09. The van der Waals surface area contributed by atoms with Gasteiger partial charge in [0.05, 0.1) is 6.04 Å². The molecule has 0 saturated carbocycles. The van der Waals surface area contributed by atoms with E-state index in [4.69, 9.17) is 4.42 Å². The largest absolute Gasteiger partial charge is 0.464 e. The maximum absolute atomic E-state index is 11.3. The summed E-state index contributed by atoms with van der Waals surface area (Å²) in [6.07, 6.45) is 0. The summed E-state index contributed by atoms with van der Waals surface area (Å²) in [6.45, 7) is 3.86. The highest BCUT2D eigenvalue weighted by Gasteiger charge is 2.11. The number of carbonyl (C=O) groups is 1. The molecule has 0 aliphatic heterocycles. The first-order chi connectivity index (χ1) is 9.10. The molecule has 2 aromatic heterocycles. The number of carbonyl (C=O) groups excluding carboxylic acids is 1. The third-order valence-electron chi connectivity index (χ3n) is 2.68. The first-order valence-corrected chi connectivity index (χ1v) is 5.99. The lowest BCUT2D eigenvalue weighted by atomic mass is 10.2. The van der Waals surface area contributed by atoms with Crippen molar-refractivity contribution in [3.05, 3.63) is 41.5 Å². The number of furan rings is 1. The van der Waals surface area contributed by atoms with E-state index in [0.717, 1.165) is 11.5 Å². The lowest BCUT2D eigenvalue weighted by Gasteiger charge is -2.11. The van der Waals surface area contributed by atoms with Crippen LogP contribution in [0.5, 0.6) is 0 Å². The van der Waals surface area contributed by atoms with Gasteiger partial charge in [-0.05, 0) is 38.1 Å². The molecule has 0 fully saturated rings. The molecule has 6 heteroatoms. The van der Waals surface area contributed by atoms with Gasteiger partial charge in [-0.3, -0.25) is 4.79 Å². The summed E-state index contributed by atoms with van der Waals surface area (Å²) in [6, 6.07) is 7.14. The van der Waals surface area contributed by atoms with Crippen LogP contribution in [0.1, 0.15) is 35.0 Å². The molecule has 1 unspecified atom stereocenters.